The highest BCUT2D eigenvalue weighted by molar-refractivity contribution is 6.08. The molecule has 0 aliphatic carbocycles. The van der Waals surface area contributed by atoms with Gasteiger partial charge >= 0.3 is 0 Å². The molecule has 0 amide bonds. The van der Waals surface area contributed by atoms with Gasteiger partial charge in [-0.05, 0) is 30.7 Å². The number of pyridine rings is 2. The van der Waals surface area contributed by atoms with E-state index < -0.39 is 0 Å². The number of benzene rings is 1. The van der Waals surface area contributed by atoms with Crippen molar-refractivity contribution in [3.8, 4) is 17.2 Å². The fraction of sp³-hybridized carbons (Fsp3) is 0.105. The van der Waals surface area contributed by atoms with Crippen molar-refractivity contribution in [2.24, 2.45) is 7.05 Å². The molecule has 0 atom stereocenters. The molecule has 4 aromatic rings. The van der Waals surface area contributed by atoms with Gasteiger partial charge < -0.3 is 4.57 Å². The summed E-state index contributed by atoms with van der Waals surface area (Å²) >= 11 is 0. The van der Waals surface area contributed by atoms with Gasteiger partial charge in [0.1, 0.15) is 6.07 Å². The summed E-state index contributed by atoms with van der Waals surface area (Å²) in [5.74, 6) is 0. The Balaban J connectivity index is 1.98. The summed E-state index contributed by atoms with van der Waals surface area (Å²) in [5.41, 5.74) is 5.69. The standard InChI is InChI=1S/C19H14N4/c1-12-14(9-20)7-15(10-22-12)13-3-4-16-17-11-21-6-5-18(17)23(2)19(16)8-13/h3-8,10-11H,1-2H3. The number of nitriles is 1. The molecule has 4 heteroatoms. The maximum atomic E-state index is 9.20. The van der Waals surface area contributed by atoms with E-state index in [0.717, 1.165) is 33.2 Å². The largest absolute Gasteiger partial charge is 0.343 e. The summed E-state index contributed by atoms with van der Waals surface area (Å²) in [6.07, 6.45) is 5.53. The molecule has 0 radical (unpaired) electrons. The first-order chi connectivity index (χ1) is 11.2. The number of nitrogens with zero attached hydrogens (tertiary/aromatic N) is 4. The van der Waals surface area contributed by atoms with Crippen LogP contribution in [0.3, 0.4) is 0 Å². The lowest BCUT2D eigenvalue weighted by Gasteiger charge is -2.05. The van der Waals surface area contributed by atoms with Crippen molar-refractivity contribution in [1.82, 2.24) is 14.5 Å². The highest BCUT2D eigenvalue weighted by Crippen LogP contribution is 2.31. The van der Waals surface area contributed by atoms with Gasteiger partial charge in [-0.2, -0.15) is 5.26 Å². The molecule has 0 bridgehead atoms. The van der Waals surface area contributed by atoms with Crippen molar-refractivity contribution >= 4 is 21.8 Å². The van der Waals surface area contributed by atoms with E-state index in [1.54, 1.807) is 0 Å². The molecule has 0 aliphatic heterocycles. The highest BCUT2D eigenvalue weighted by Gasteiger charge is 2.10. The number of hydrogen-bond donors (Lipinski definition) is 0. The number of hydrogen-bond acceptors (Lipinski definition) is 3. The summed E-state index contributed by atoms with van der Waals surface area (Å²) in [4.78, 5) is 8.56. The Morgan fingerprint density at radius 2 is 1.87 bits per heavy atom. The van der Waals surface area contributed by atoms with Crippen molar-refractivity contribution in [1.29, 1.82) is 5.26 Å². The Morgan fingerprint density at radius 3 is 2.70 bits per heavy atom. The van der Waals surface area contributed by atoms with E-state index in [-0.39, 0.29) is 0 Å². The molecular formula is C19H14N4. The lowest BCUT2D eigenvalue weighted by molar-refractivity contribution is 1.01. The van der Waals surface area contributed by atoms with Gasteiger partial charge in [0.15, 0.2) is 0 Å². The minimum absolute atomic E-state index is 0.615. The monoisotopic (exact) mass is 298 g/mol. The van der Waals surface area contributed by atoms with Crippen molar-refractivity contribution in [2.45, 2.75) is 6.92 Å². The molecule has 4 rings (SSSR count). The lowest BCUT2D eigenvalue weighted by Crippen LogP contribution is -1.90. The van der Waals surface area contributed by atoms with Crippen molar-refractivity contribution in [3.63, 3.8) is 0 Å². The fourth-order valence-electron chi connectivity index (χ4n) is 3.04. The normalized spacial score (nSPS) is 11.0. The van der Waals surface area contributed by atoms with Gasteiger partial charge in [-0.3, -0.25) is 9.97 Å². The average Bonchev–Trinajstić information content (AvgIpc) is 2.88. The van der Waals surface area contributed by atoms with E-state index in [2.05, 4.69) is 45.9 Å². The highest BCUT2D eigenvalue weighted by atomic mass is 14.9. The third-order valence-electron chi connectivity index (χ3n) is 4.35. The molecule has 0 saturated heterocycles. The zero-order valence-corrected chi connectivity index (χ0v) is 12.9. The van der Waals surface area contributed by atoms with Gasteiger partial charge in [0.2, 0.25) is 0 Å². The molecule has 110 valence electrons. The molecule has 1 aromatic carbocycles. The maximum absolute atomic E-state index is 9.20. The zero-order chi connectivity index (χ0) is 16.0. The van der Waals surface area contributed by atoms with Gasteiger partial charge in [0, 0.05) is 47.5 Å². The van der Waals surface area contributed by atoms with E-state index in [9.17, 15) is 5.26 Å². The first-order valence-electron chi connectivity index (χ1n) is 7.38. The molecule has 0 N–H and O–H groups in total. The first kappa shape index (κ1) is 13.5. The third kappa shape index (κ3) is 1.98. The molecule has 4 nitrogen and oxygen atoms in total. The SMILES string of the molecule is Cc1ncc(-c2ccc3c4cnccc4n(C)c3c2)cc1C#N. The molecule has 3 heterocycles. The Kier molecular flexibility index (Phi) is 2.88. The van der Waals surface area contributed by atoms with Gasteiger partial charge in [-0.25, -0.2) is 0 Å². The van der Waals surface area contributed by atoms with Crippen LogP contribution in [0.2, 0.25) is 0 Å². The van der Waals surface area contributed by atoms with Gasteiger partial charge in [-0.1, -0.05) is 12.1 Å². The first-order valence-corrected chi connectivity index (χ1v) is 7.38. The second-order valence-corrected chi connectivity index (χ2v) is 5.65. The van der Waals surface area contributed by atoms with Crippen LogP contribution in [0.4, 0.5) is 0 Å². The Morgan fingerprint density at radius 1 is 1.00 bits per heavy atom. The Labute approximate surface area is 133 Å². The minimum atomic E-state index is 0.615. The van der Waals surface area contributed by atoms with Crippen LogP contribution in [-0.4, -0.2) is 14.5 Å². The molecule has 0 unspecified atom stereocenters. The number of rotatable bonds is 1. The van der Waals surface area contributed by atoms with E-state index in [4.69, 9.17) is 0 Å². The summed E-state index contributed by atoms with van der Waals surface area (Å²) in [7, 11) is 2.06. The van der Waals surface area contributed by atoms with E-state index in [1.807, 2.05) is 37.6 Å². The average molecular weight is 298 g/mol. The molecule has 3 aromatic heterocycles. The summed E-state index contributed by atoms with van der Waals surface area (Å²) < 4.78 is 2.17. The Hall–Kier alpha value is -3.19. The Bertz CT molecular complexity index is 1100. The smallest absolute Gasteiger partial charge is 0.101 e. The molecule has 0 fully saturated rings. The molecule has 0 aliphatic rings. The summed E-state index contributed by atoms with van der Waals surface area (Å²) in [6.45, 7) is 1.85. The van der Waals surface area contributed by atoms with Crippen LogP contribution >= 0.6 is 0 Å². The van der Waals surface area contributed by atoms with Crippen LogP contribution in [0.15, 0.2) is 48.9 Å². The molecule has 0 spiro atoms. The molecule has 23 heavy (non-hydrogen) atoms. The third-order valence-corrected chi connectivity index (χ3v) is 4.35. The maximum Gasteiger partial charge on any atom is 0.101 e. The van der Waals surface area contributed by atoms with Crippen LogP contribution < -0.4 is 0 Å². The number of aromatic nitrogens is 3. The fourth-order valence-corrected chi connectivity index (χ4v) is 3.04. The lowest BCUT2D eigenvalue weighted by atomic mass is 10.0. The van der Waals surface area contributed by atoms with Gasteiger partial charge in [0.25, 0.3) is 0 Å². The van der Waals surface area contributed by atoms with Gasteiger partial charge in [0.05, 0.1) is 16.8 Å². The van der Waals surface area contributed by atoms with Crippen LogP contribution in [0.1, 0.15) is 11.3 Å². The van der Waals surface area contributed by atoms with Crippen LogP contribution in [0.25, 0.3) is 32.9 Å². The van der Waals surface area contributed by atoms with E-state index in [1.165, 1.54) is 5.39 Å². The second-order valence-electron chi connectivity index (χ2n) is 5.65. The zero-order valence-electron chi connectivity index (χ0n) is 12.9. The van der Waals surface area contributed by atoms with Crippen molar-refractivity contribution in [3.05, 3.63) is 60.2 Å². The summed E-state index contributed by atoms with van der Waals surface area (Å²) in [6, 6.07) is 12.4. The number of fused-ring (bicyclic) bond motifs is 3. The van der Waals surface area contributed by atoms with E-state index in [0.29, 0.717) is 5.56 Å². The van der Waals surface area contributed by atoms with Gasteiger partial charge in [-0.15, -0.1) is 0 Å². The van der Waals surface area contributed by atoms with Crippen molar-refractivity contribution < 1.29 is 0 Å². The predicted octanol–water partition coefficient (Wildman–Crippen LogP) is 3.97. The van der Waals surface area contributed by atoms with Crippen LogP contribution in [0.5, 0.6) is 0 Å². The molecular weight excluding hydrogens is 284 g/mol. The van der Waals surface area contributed by atoms with E-state index >= 15 is 0 Å². The molecule has 0 saturated carbocycles. The number of aryl methyl sites for hydroxylation is 2. The quantitative estimate of drug-likeness (QED) is 0.534. The summed E-state index contributed by atoms with van der Waals surface area (Å²) in [5, 5.41) is 11.5. The minimum Gasteiger partial charge on any atom is -0.343 e. The van der Waals surface area contributed by atoms with Crippen LogP contribution in [0, 0.1) is 18.3 Å². The topological polar surface area (TPSA) is 54.5 Å². The van der Waals surface area contributed by atoms with Crippen LogP contribution in [-0.2, 0) is 7.05 Å². The predicted molar refractivity (Wildman–Crippen MR) is 90.9 cm³/mol. The van der Waals surface area contributed by atoms with Crippen molar-refractivity contribution in [2.75, 3.05) is 0 Å². The second kappa shape index (κ2) is 4.92.